The van der Waals surface area contributed by atoms with Crippen LogP contribution < -0.4 is 4.90 Å². The quantitative estimate of drug-likeness (QED) is 0.142. The van der Waals surface area contributed by atoms with E-state index in [1.807, 2.05) is 36.4 Å². The van der Waals surface area contributed by atoms with E-state index in [1.165, 1.54) is 60.1 Å². The van der Waals surface area contributed by atoms with Gasteiger partial charge in [-0.15, -0.1) is 0 Å². The van der Waals surface area contributed by atoms with Gasteiger partial charge in [0.25, 0.3) is 0 Å². The zero-order valence-corrected chi connectivity index (χ0v) is 42.6. The highest BCUT2D eigenvalue weighted by atomic mass is 15.2. The summed E-state index contributed by atoms with van der Waals surface area (Å²) < 4.78 is 2.27. The Bertz CT molecular complexity index is 4560. The number of rotatable bonds is 8. The number of fused-ring (bicyclic) bond motifs is 12. The van der Waals surface area contributed by atoms with E-state index in [2.05, 4.69) is 248 Å². The zero-order chi connectivity index (χ0) is 51.2. The zero-order valence-electron chi connectivity index (χ0n) is 42.6. The Morgan fingerprint density at radius 2 is 0.844 bits per heavy atom. The molecule has 0 N–H and O–H groups in total. The molecule has 5 heteroatoms. The van der Waals surface area contributed by atoms with Crippen LogP contribution in [0.4, 0.5) is 17.1 Å². The molecule has 0 bridgehead atoms. The minimum atomic E-state index is -0.224. The average Bonchev–Trinajstić information content (AvgIpc) is 3.99. The van der Waals surface area contributed by atoms with E-state index in [1.54, 1.807) is 0 Å². The van der Waals surface area contributed by atoms with Crippen LogP contribution in [0.3, 0.4) is 0 Å². The van der Waals surface area contributed by atoms with Crippen molar-refractivity contribution in [1.29, 1.82) is 0 Å². The first-order valence-electron chi connectivity index (χ1n) is 26.4. The van der Waals surface area contributed by atoms with Crippen LogP contribution in [-0.4, -0.2) is 19.5 Å². The molecule has 2 aromatic heterocycles. The third kappa shape index (κ3) is 7.19. The van der Waals surface area contributed by atoms with Crippen molar-refractivity contribution in [3.05, 3.63) is 272 Å². The van der Waals surface area contributed by atoms with Crippen LogP contribution in [0.2, 0.25) is 0 Å². The molecule has 0 amide bonds. The maximum absolute atomic E-state index is 5.35. The number of aromatic nitrogens is 4. The summed E-state index contributed by atoms with van der Waals surface area (Å²) in [5.41, 5.74) is 16.6. The molecule has 0 saturated carbocycles. The molecule has 77 heavy (non-hydrogen) atoms. The summed E-state index contributed by atoms with van der Waals surface area (Å²) in [6.45, 7) is 4.69. The predicted molar refractivity (Wildman–Crippen MR) is 321 cm³/mol. The minimum Gasteiger partial charge on any atom is -0.310 e. The van der Waals surface area contributed by atoms with Crippen LogP contribution in [0, 0.1) is 0 Å². The van der Waals surface area contributed by atoms with Crippen molar-refractivity contribution in [2.45, 2.75) is 19.3 Å². The molecule has 0 atom stereocenters. The van der Waals surface area contributed by atoms with E-state index in [0.717, 1.165) is 66.7 Å². The topological polar surface area (TPSA) is 46.8 Å². The first-order valence-corrected chi connectivity index (χ1v) is 26.4. The molecular formula is C72H49N5. The van der Waals surface area contributed by atoms with E-state index < -0.39 is 0 Å². The normalized spacial score (nSPS) is 12.6. The smallest absolute Gasteiger partial charge is 0.238 e. The van der Waals surface area contributed by atoms with E-state index in [0.29, 0.717) is 17.6 Å². The molecule has 2 heterocycles. The summed E-state index contributed by atoms with van der Waals surface area (Å²) >= 11 is 0. The third-order valence-electron chi connectivity index (χ3n) is 16.0. The van der Waals surface area contributed by atoms with Crippen molar-refractivity contribution in [1.82, 2.24) is 19.5 Å². The Labute approximate surface area is 446 Å². The molecule has 0 radical (unpaired) electrons. The Hall–Kier alpha value is -9.97. The first kappa shape index (κ1) is 44.5. The maximum atomic E-state index is 5.35. The van der Waals surface area contributed by atoms with Crippen LogP contribution in [0.5, 0.6) is 0 Å². The third-order valence-corrected chi connectivity index (χ3v) is 16.0. The molecule has 15 rings (SSSR count). The predicted octanol–water partition coefficient (Wildman–Crippen LogP) is 18.9. The molecule has 12 aromatic carbocycles. The SMILES string of the molecule is CC1(C)c2ccccc2-c2cc3c4cc(-c5ccccc5N(c5cccc(-c6ccccc6)c5)c5ccc6c7ccccc7c7ccccc7c6c5)ccc4n(-c4nc(-c5ccccc5)nc(-c5ccccc5)n4)c3cc21. The van der Waals surface area contributed by atoms with Crippen LogP contribution in [0.25, 0.3) is 116 Å². The van der Waals surface area contributed by atoms with Crippen molar-refractivity contribution < 1.29 is 0 Å². The lowest BCUT2D eigenvalue weighted by Crippen LogP contribution is -2.15. The lowest BCUT2D eigenvalue weighted by atomic mass is 9.82. The van der Waals surface area contributed by atoms with Crippen LogP contribution in [0.1, 0.15) is 25.0 Å². The number of hydrogen-bond donors (Lipinski definition) is 0. The van der Waals surface area contributed by atoms with E-state index >= 15 is 0 Å². The second-order valence-corrected chi connectivity index (χ2v) is 20.8. The molecule has 0 spiro atoms. The maximum Gasteiger partial charge on any atom is 0.238 e. The van der Waals surface area contributed by atoms with Gasteiger partial charge in [-0.3, -0.25) is 4.57 Å². The van der Waals surface area contributed by atoms with Crippen LogP contribution in [-0.2, 0) is 5.41 Å². The first-order chi connectivity index (χ1) is 37.9. The van der Waals surface area contributed by atoms with Gasteiger partial charge in [-0.1, -0.05) is 220 Å². The Kier molecular flexibility index (Phi) is 10.2. The van der Waals surface area contributed by atoms with Gasteiger partial charge in [0.05, 0.1) is 16.7 Å². The number of nitrogens with zero attached hydrogens (tertiary/aromatic N) is 5. The molecule has 1 aliphatic rings. The average molecular weight is 984 g/mol. The molecule has 0 saturated heterocycles. The molecule has 0 aliphatic heterocycles. The molecular weight excluding hydrogens is 935 g/mol. The highest BCUT2D eigenvalue weighted by molar-refractivity contribution is 6.26. The van der Waals surface area contributed by atoms with Crippen LogP contribution >= 0.6 is 0 Å². The van der Waals surface area contributed by atoms with Gasteiger partial charge >= 0.3 is 0 Å². The second kappa shape index (κ2) is 17.6. The summed E-state index contributed by atoms with van der Waals surface area (Å²) in [7, 11) is 0. The van der Waals surface area contributed by atoms with E-state index in [-0.39, 0.29) is 5.41 Å². The standard InChI is InChI=1S/C72H49N5/c1-72(2)64-35-18-16-34-59(64)61-44-63-62-42-50(37-40-67(62)77(68(63)45-65(61)72)71-74-69(47-23-8-4-9-24-47)73-70(75-71)48-25-10-5-11-26-48)53-29-17-19-36-66(53)76(51-28-20-27-49(41-51)46-21-6-3-7-22-46)52-38-39-58-56-32-13-12-30-54(56)55-31-14-15-33-57(55)60(58)43-52/h3-45H,1-2H3. The molecule has 362 valence electrons. The van der Waals surface area contributed by atoms with E-state index in [9.17, 15) is 0 Å². The Morgan fingerprint density at radius 3 is 1.52 bits per heavy atom. The summed E-state index contributed by atoms with van der Waals surface area (Å²) in [4.78, 5) is 18.3. The van der Waals surface area contributed by atoms with Gasteiger partial charge in [-0.25, -0.2) is 4.98 Å². The van der Waals surface area contributed by atoms with Crippen LogP contribution in [0.15, 0.2) is 261 Å². The van der Waals surface area contributed by atoms with Gasteiger partial charge in [0.1, 0.15) is 0 Å². The number of benzene rings is 12. The lowest BCUT2D eigenvalue weighted by molar-refractivity contribution is 0.661. The van der Waals surface area contributed by atoms with Crippen molar-refractivity contribution in [2.24, 2.45) is 0 Å². The fourth-order valence-corrected chi connectivity index (χ4v) is 12.3. The monoisotopic (exact) mass is 983 g/mol. The highest BCUT2D eigenvalue weighted by Crippen LogP contribution is 2.52. The second-order valence-electron chi connectivity index (χ2n) is 20.8. The largest absolute Gasteiger partial charge is 0.310 e. The van der Waals surface area contributed by atoms with Gasteiger partial charge in [0, 0.05) is 44.3 Å². The van der Waals surface area contributed by atoms with Gasteiger partial charge in [0.15, 0.2) is 11.6 Å². The van der Waals surface area contributed by atoms with Crippen molar-refractivity contribution >= 4 is 71.2 Å². The molecule has 5 nitrogen and oxygen atoms in total. The summed E-state index contributed by atoms with van der Waals surface area (Å²) in [6.07, 6.45) is 0. The highest BCUT2D eigenvalue weighted by Gasteiger charge is 2.36. The van der Waals surface area contributed by atoms with Crippen molar-refractivity contribution in [3.63, 3.8) is 0 Å². The number of anilines is 3. The van der Waals surface area contributed by atoms with Gasteiger partial charge in [-0.05, 0) is 126 Å². The van der Waals surface area contributed by atoms with Gasteiger partial charge < -0.3 is 4.90 Å². The molecule has 0 unspecified atom stereocenters. The lowest BCUT2D eigenvalue weighted by Gasteiger charge is -2.29. The molecule has 1 aliphatic carbocycles. The van der Waals surface area contributed by atoms with Gasteiger partial charge in [-0.2, -0.15) is 9.97 Å². The molecule has 0 fully saturated rings. The van der Waals surface area contributed by atoms with E-state index in [4.69, 9.17) is 15.0 Å². The minimum absolute atomic E-state index is 0.224. The van der Waals surface area contributed by atoms with Crippen molar-refractivity contribution in [3.8, 4) is 62.1 Å². The van der Waals surface area contributed by atoms with Crippen molar-refractivity contribution in [2.75, 3.05) is 4.90 Å². The fraction of sp³-hybridized carbons (Fsp3) is 0.0417. The summed E-state index contributed by atoms with van der Waals surface area (Å²) in [5, 5.41) is 9.70. The Balaban J connectivity index is 0.981. The summed E-state index contributed by atoms with van der Waals surface area (Å²) in [5.74, 6) is 1.81. The Morgan fingerprint density at radius 1 is 0.312 bits per heavy atom. The summed E-state index contributed by atoms with van der Waals surface area (Å²) in [6, 6.07) is 94.3. The molecule has 14 aromatic rings. The fourth-order valence-electron chi connectivity index (χ4n) is 12.3. The number of hydrogen-bond acceptors (Lipinski definition) is 4. The number of para-hydroxylation sites is 1. The van der Waals surface area contributed by atoms with Gasteiger partial charge in [0.2, 0.25) is 5.95 Å².